The standard InChI is InChI=1S/C26H21NO5S/c1-27(23-11-3-2-4-12-23)33(30,31)24-13-7-10-22(17-24)26(29)32-18-25(28)21-15-14-19-8-5-6-9-20(19)16-21/h2-17H,18H2,1H3. The van der Waals surface area contributed by atoms with Gasteiger partial charge in [-0.1, -0.05) is 60.7 Å². The first-order valence-corrected chi connectivity index (χ1v) is 11.6. The van der Waals surface area contributed by atoms with Crippen molar-refractivity contribution in [1.29, 1.82) is 0 Å². The Morgan fingerprint density at radius 1 is 0.758 bits per heavy atom. The van der Waals surface area contributed by atoms with Gasteiger partial charge in [-0.25, -0.2) is 13.2 Å². The van der Waals surface area contributed by atoms with Crippen LogP contribution in [-0.2, 0) is 14.8 Å². The number of Topliss-reactive ketones (excluding diaryl/α,β-unsaturated/α-hetero) is 1. The number of ketones is 1. The molecule has 0 saturated heterocycles. The van der Waals surface area contributed by atoms with E-state index in [1.807, 2.05) is 30.3 Å². The molecular formula is C26H21NO5S. The van der Waals surface area contributed by atoms with E-state index < -0.39 is 22.6 Å². The van der Waals surface area contributed by atoms with Crippen LogP contribution in [0.3, 0.4) is 0 Å². The average Bonchev–Trinajstić information content (AvgIpc) is 2.86. The first-order chi connectivity index (χ1) is 15.9. The maximum Gasteiger partial charge on any atom is 0.338 e. The van der Waals surface area contributed by atoms with Gasteiger partial charge >= 0.3 is 5.97 Å². The van der Waals surface area contributed by atoms with Crippen LogP contribution in [-0.4, -0.2) is 33.8 Å². The highest BCUT2D eigenvalue weighted by molar-refractivity contribution is 7.92. The molecule has 0 saturated carbocycles. The van der Waals surface area contributed by atoms with Crippen molar-refractivity contribution in [3.63, 3.8) is 0 Å². The van der Waals surface area contributed by atoms with E-state index in [-0.39, 0.29) is 16.2 Å². The van der Waals surface area contributed by atoms with E-state index in [9.17, 15) is 18.0 Å². The van der Waals surface area contributed by atoms with Crippen LogP contribution < -0.4 is 4.31 Å². The van der Waals surface area contributed by atoms with Gasteiger partial charge in [0.1, 0.15) is 0 Å². The zero-order chi connectivity index (χ0) is 23.4. The van der Waals surface area contributed by atoms with E-state index in [2.05, 4.69) is 0 Å². The van der Waals surface area contributed by atoms with Crippen molar-refractivity contribution in [2.45, 2.75) is 4.90 Å². The normalized spacial score (nSPS) is 11.2. The Kier molecular flexibility index (Phi) is 6.24. The molecule has 0 aliphatic rings. The summed E-state index contributed by atoms with van der Waals surface area (Å²) in [5, 5.41) is 1.92. The fraction of sp³-hybridized carbons (Fsp3) is 0.0769. The maximum atomic E-state index is 13.0. The molecule has 4 rings (SSSR count). The molecule has 0 heterocycles. The van der Waals surface area contributed by atoms with E-state index >= 15 is 0 Å². The zero-order valence-corrected chi connectivity index (χ0v) is 18.7. The van der Waals surface area contributed by atoms with Gasteiger partial charge in [0.15, 0.2) is 12.4 Å². The van der Waals surface area contributed by atoms with Crippen LogP contribution in [0.25, 0.3) is 10.8 Å². The number of fused-ring (bicyclic) bond motifs is 1. The molecule has 0 fully saturated rings. The number of hydrogen-bond donors (Lipinski definition) is 0. The minimum atomic E-state index is -3.88. The summed E-state index contributed by atoms with van der Waals surface area (Å²) in [7, 11) is -2.44. The number of sulfonamides is 1. The summed E-state index contributed by atoms with van der Waals surface area (Å²) in [5.74, 6) is -1.12. The number of para-hydroxylation sites is 1. The number of rotatable bonds is 7. The second-order valence-corrected chi connectivity index (χ2v) is 9.37. The maximum absolute atomic E-state index is 13.0. The monoisotopic (exact) mass is 459 g/mol. The zero-order valence-electron chi connectivity index (χ0n) is 17.8. The third-order valence-electron chi connectivity index (χ3n) is 5.25. The van der Waals surface area contributed by atoms with Crippen LogP contribution in [0.4, 0.5) is 5.69 Å². The number of carbonyl (C=O) groups excluding carboxylic acids is 2. The second kappa shape index (κ2) is 9.26. The van der Waals surface area contributed by atoms with Gasteiger partial charge in [-0.15, -0.1) is 0 Å². The third-order valence-corrected chi connectivity index (χ3v) is 7.04. The molecule has 4 aromatic carbocycles. The number of hydrogen-bond acceptors (Lipinski definition) is 5. The Bertz CT molecular complexity index is 1430. The molecule has 0 N–H and O–H groups in total. The molecule has 7 heteroatoms. The summed E-state index contributed by atoms with van der Waals surface area (Å²) in [6.45, 7) is -0.446. The smallest absolute Gasteiger partial charge is 0.338 e. The lowest BCUT2D eigenvalue weighted by atomic mass is 10.0. The third kappa shape index (κ3) is 4.78. The lowest BCUT2D eigenvalue weighted by molar-refractivity contribution is 0.0474. The van der Waals surface area contributed by atoms with Crippen molar-refractivity contribution in [3.8, 4) is 0 Å². The predicted molar refractivity (Wildman–Crippen MR) is 127 cm³/mol. The van der Waals surface area contributed by atoms with Crippen LogP contribution in [0.15, 0.2) is 102 Å². The topological polar surface area (TPSA) is 80.8 Å². The molecule has 0 spiro atoms. The Hall–Kier alpha value is -3.97. The SMILES string of the molecule is CN(c1ccccc1)S(=O)(=O)c1cccc(C(=O)OCC(=O)c2ccc3ccccc3c2)c1. The van der Waals surface area contributed by atoms with Crippen molar-refractivity contribution in [2.75, 3.05) is 18.0 Å². The van der Waals surface area contributed by atoms with Crippen LogP contribution in [0, 0.1) is 0 Å². The van der Waals surface area contributed by atoms with E-state index in [4.69, 9.17) is 4.74 Å². The van der Waals surface area contributed by atoms with Gasteiger partial charge in [0.2, 0.25) is 0 Å². The van der Waals surface area contributed by atoms with Gasteiger partial charge in [0, 0.05) is 12.6 Å². The lowest BCUT2D eigenvalue weighted by Crippen LogP contribution is -2.26. The number of carbonyl (C=O) groups is 2. The summed E-state index contributed by atoms with van der Waals surface area (Å²) < 4.78 is 32.3. The predicted octanol–water partition coefficient (Wildman–Crippen LogP) is 4.70. The largest absolute Gasteiger partial charge is 0.454 e. The Balaban J connectivity index is 1.47. The molecule has 0 radical (unpaired) electrons. The quantitative estimate of drug-likeness (QED) is 0.295. The van der Waals surface area contributed by atoms with Gasteiger partial charge in [0.05, 0.1) is 16.1 Å². The Morgan fingerprint density at radius 2 is 1.45 bits per heavy atom. The molecule has 0 atom stereocenters. The summed E-state index contributed by atoms with van der Waals surface area (Å²) in [6, 6.07) is 27.1. The molecule has 33 heavy (non-hydrogen) atoms. The molecule has 166 valence electrons. The molecule has 0 bridgehead atoms. The molecule has 0 aromatic heterocycles. The van der Waals surface area contributed by atoms with Crippen molar-refractivity contribution in [1.82, 2.24) is 0 Å². The lowest BCUT2D eigenvalue weighted by Gasteiger charge is -2.19. The van der Waals surface area contributed by atoms with E-state index in [0.29, 0.717) is 11.3 Å². The van der Waals surface area contributed by atoms with Crippen molar-refractivity contribution >= 4 is 38.2 Å². The fourth-order valence-corrected chi connectivity index (χ4v) is 4.62. The molecule has 0 aliphatic heterocycles. The van der Waals surface area contributed by atoms with E-state index in [1.165, 1.54) is 31.3 Å². The van der Waals surface area contributed by atoms with Crippen molar-refractivity contribution in [2.24, 2.45) is 0 Å². The van der Waals surface area contributed by atoms with Crippen LogP contribution in [0.5, 0.6) is 0 Å². The highest BCUT2D eigenvalue weighted by atomic mass is 32.2. The highest BCUT2D eigenvalue weighted by Gasteiger charge is 2.23. The van der Waals surface area contributed by atoms with Crippen LogP contribution in [0.1, 0.15) is 20.7 Å². The molecule has 0 amide bonds. The summed E-state index contributed by atoms with van der Waals surface area (Å²) >= 11 is 0. The second-order valence-electron chi connectivity index (χ2n) is 7.40. The summed E-state index contributed by atoms with van der Waals surface area (Å²) in [6.07, 6.45) is 0. The van der Waals surface area contributed by atoms with Gasteiger partial charge in [-0.05, 0) is 47.2 Å². The number of nitrogens with zero attached hydrogens (tertiary/aromatic N) is 1. The van der Waals surface area contributed by atoms with Crippen molar-refractivity contribution in [3.05, 3.63) is 108 Å². The number of anilines is 1. The highest BCUT2D eigenvalue weighted by Crippen LogP contribution is 2.23. The number of benzene rings is 4. The number of esters is 1. The van der Waals surface area contributed by atoms with Gasteiger partial charge in [-0.2, -0.15) is 0 Å². The first kappa shape index (κ1) is 22.2. The van der Waals surface area contributed by atoms with Gasteiger partial charge in [0.25, 0.3) is 10.0 Å². The Labute approximate surface area is 192 Å². The number of ether oxygens (including phenoxy) is 1. The molecule has 0 aliphatic carbocycles. The molecule has 6 nitrogen and oxygen atoms in total. The minimum Gasteiger partial charge on any atom is -0.454 e. The van der Waals surface area contributed by atoms with Crippen LogP contribution >= 0.6 is 0 Å². The summed E-state index contributed by atoms with van der Waals surface area (Å²) in [4.78, 5) is 25.0. The molecular weight excluding hydrogens is 438 g/mol. The average molecular weight is 460 g/mol. The Morgan fingerprint density at radius 3 is 2.21 bits per heavy atom. The van der Waals surface area contributed by atoms with Crippen molar-refractivity contribution < 1.29 is 22.7 Å². The van der Waals surface area contributed by atoms with E-state index in [0.717, 1.165) is 15.1 Å². The van der Waals surface area contributed by atoms with Gasteiger partial charge < -0.3 is 4.74 Å². The van der Waals surface area contributed by atoms with Crippen LogP contribution in [0.2, 0.25) is 0 Å². The van der Waals surface area contributed by atoms with Gasteiger partial charge in [-0.3, -0.25) is 9.10 Å². The van der Waals surface area contributed by atoms with E-state index in [1.54, 1.807) is 42.5 Å². The first-order valence-electron chi connectivity index (χ1n) is 10.2. The molecule has 0 unspecified atom stereocenters. The minimum absolute atomic E-state index is 0.0452. The fourth-order valence-electron chi connectivity index (χ4n) is 3.38. The summed E-state index contributed by atoms with van der Waals surface area (Å²) in [5.41, 5.74) is 0.970. The molecule has 4 aromatic rings.